The van der Waals surface area contributed by atoms with Crippen LogP contribution in [0.15, 0.2) is 78.4 Å². The van der Waals surface area contributed by atoms with E-state index in [1.807, 2.05) is 0 Å². The maximum absolute atomic E-state index is 2.49. The normalized spacial score (nSPS) is 16.0. The van der Waals surface area contributed by atoms with Gasteiger partial charge in [-0.1, -0.05) is 65.7 Å². The quantitative estimate of drug-likeness (QED) is 0.359. The molecule has 3 aromatic carbocycles. The van der Waals surface area contributed by atoms with Crippen molar-refractivity contribution in [3.05, 3.63) is 95.1 Å². The first kappa shape index (κ1) is 15.0. The molecule has 1 nitrogen and oxygen atoms in total. The summed E-state index contributed by atoms with van der Waals surface area (Å²) in [6.07, 6.45) is 5.86. The molecule has 0 saturated carbocycles. The van der Waals surface area contributed by atoms with Gasteiger partial charge in [-0.05, 0) is 61.1 Å². The van der Waals surface area contributed by atoms with E-state index >= 15 is 0 Å². The van der Waals surface area contributed by atoms with E-state index in [1.165, 1.54) is 49.8 Å². The summed E-state index contributed by atoms with van der Waals surface area (Å²) in [4.78, 5) is 0. The summed E-state index contributed by atoms with van der Waals surface area (Å²) in [7, 11) is 0. The van der Waals surface area contributed by atoms with Crippen molar-refractivity contribution in [1.29, 1.82) is 0 Å². The number of fused-ring (bicyclic) bond motifs is 5. The van der Waals surface area contributed by atoms with Gasteiger partial charge < -0.3 is 4.57 Å². The highest BCUT2D eigenvalue weighted by Gasteiger charge is 2.25. The summed E-state index contributed by atoms with van der Waals surface area (Å²) >= 11 is 0. The Bertz CT molecular complexity index is 1240. The van der Waals surface area contributed by atoms with Gasteiger partial charge in [0, 0.05) is 16.5 Å². The highest BCUT2D eigenvalue weighted by atomic mass is 15.0. The maximum Gasteiger partial charge on any atom is 0.0537 e. The highest BCUT2D eigenvalue weighted by Crippen LogP contribution is 2.43. The Labute approximate surface area is 159 Å². The van der Waals surface area contributed by atoms with Gasteiger partial charge in [-0.15, -0.1) is 0 Å². The number of hydrogen-bond acceptors (Lipinski definition) is 0. The fourth-order valence-electron chi connectivity index (χ4n) is 4.94. The Morgan fingerprint density at radius 3 is 2.22 bits per heavy atom. The van der Waals surface area contributed by atoms with Gasteiger partial charge in [0.2, 0.25) is 0 Å². The van der Waals surface area contributed by atoms with Crippen molar-refractivity contribution >= 4 is 33.1 Å². The van der Waals surface area contributed by atoms with Gasteiger partial charge in [0.05, 0.1) is 11.0 Å². The van der Waals surface area contributed by atoms with E-state index in [2.05, 4.69) is 84.3 Å². The molecule has 1 heteroatoms. The second-order valence-electron chi connectivity index (χ2n) is 7.86. The molecule has 1 aromatic heterocycles. The van der Waals surface area contributed by atoms with Crippen LogP contribution in [0.1, 0.15) is 29.5 Å². The molecule has 130 valence electrons. The molecule has 0 bridgehead atoms. The van der Waals surface area contributed by atoms with Crippen molar-refractivity contribution in [3.8, 4) is 0 Å². The lowest BCUT2D eigenvalue weighted by Gasteiger charge is -2.19. The molecule has 27 heavy (non-hydrogen) atoms. The Morgan fingerprint density at radius 1 is 0.778 bits per heavy atom. The number of aryl methyl sites for hydroxylation is 1. The van der Waals surface area contributed by atoms with Crippen LogP contribution >= 0.6 is 0 Å². The Balaban J connectivity index is 1.61. The molecule has 0 radical (unpaired) electrons. The number of aromatic nitrogens is 1. The molecule has 2 aliphatic rings. The van der Waals surface area contributed by atoms with Crippen LogP contribution in [0.4, 0.5) is 0 Å². The molecular weight excluding hydrogens is 326 g/mol. The number of benzene rings is 3. The van der Waals surface area contributed by atoms with Crippen LogP contribution in [0.25, 0.3) is 33.1 Å². The lowest BCUT2D eigenvalue weighted by atomic mass is 9.95. The summed E-state index contributed by atoms with van der Waals surface area (Å²) < 4.78 is 2.49. The lowest BCUT2D eigenvalue weighted by molar-refractivity contribution is 0.909. The van der Waals surface area contributed by atoms with E-state index in [9.17, 15) is 0 Å². The van der Waals surface area contributed by atoms with E-state index in [-0.39, 0.29) is 0 Å². The zero-order valence-corrected chi connectivity index (χ0v) is 15.5. The molecule has 0 unspecified atom stereocenters. The minimum Gasteiger partial charge on any atom is -0.313 e. The molecule has 0 amide bonds. The van der Waals surface area contributed by atoms with Crippen molar-refractivity contribution in [2.75, 3.05) is 0 Å². The highest BCUT2D eigenvalue weighted by molar-refractivity contribution is 6.10. The zero-order valence-electron chi connectivity index (χ0n) is 15.5. The summed E-state index contributed by atoms with van der Waals surface area (Å²) in [5.74, 6) is 0. The number of allylic oxidation sites excluding steroid dienone is 4. The molecule has 6 rings (SSSR count). The van der Waals surface area contributed by atoms with Crippen LogP contribution < -0.4 is 0 Å². The molecule has 0 saturated heterocycles. The summed E-state index contributed by atoms with van der Waals surface area (Å²) in [5, 5.41) is 2.69. The van der Waals surface area contributed by atoms with Crippen LogP contribution in [0.3, 0.4) is 0 Å². The number of para-hydroxylation sites is 2. The Kier molecular flexibility index (Phi) is 3.05. The second kappa shape index (κ2) is 5.47. The maximum atomic E-state index is 2.49. The summed E-state index contributed by atoms with van der Waals surface area (Å²) in [5.41, 5.74) is 11.4. The summed E-state index contributed by atoms with van der Waals surface area (Å²) in [6.45, 7) is 2.19. The largest absolute Gasteiger partial charge is 0.313 e. The molecule has 0 atom stereocenters. The monoisotopic (exact) mass is 347 g/mol. The van der Waals surface area contributed by atoms with E-state index in [4.69, 9.17) is 0 Å². The molecule has 0 N–H and O–H groups in total. The van der Waals surface area contributed by atoms with Crippen LogP contribution in [0.2, 0.25) is 0 Å². The first-order valence-corrected chi connectivity index (χ1v) is 9.81. The van der Waals surface area contributed by atoms with Crippen molar-refractivity contribution in [1.82, 2.24) is 4.57 Å². The zero-order chi connectivity index (χ0) is 18.0. The molecule has 0 aliphatic heterocycles. The first-order valence-electron chi connectivity index (χ1n) is 9.81. The molecular formula is C26H21N. The van der Waals surface area contributed by atoms with Crippen LogP contribution in [0, 0.1) is 6.92 Å². The van der Waals surface area contributed by atoms with Gasteiger partial charge >= 0.3 is 0 Å². The van der Waals surface area contributed by atoms with E-state index in [0.717, 1.165) is 19.3 Å². The van der Waals surface area contributed by atoms with E-state index in [0.29, 0.717) is 0 Å². The van der Waals surface area contributed by atoms with Crippen LogP contribution in [-0.4, -0.2) is 4.57 Å². The van der Waals surface area contributed by atoms with Crippen molar-refractivity contribution < 1.29 is 0 Å². The predicted molar refractivity (Wildman–Crippen MR) is 115 cm³/mol. The smallest absolute Gasteiger partial charge is 0.0537 e. The van der Waals surface area contributed by atoms with Crippen LogP contribution in [-0.2, 0) is 6.42 Å². The number of rotatable bonds is 1. The summed E-state index contributed by atoms with van der Waals surface area (Å²) in [6, 6.07) is 24.5. The van der Waals surface area contributed by atoms with Gasteiger partial charge in [0.15, 0.2) is 0 Å². The Hall–Kier alpha value is -3.06. The molecule has 1 heterocycles. The molecule has 0 fully saturated rings. The van der Waals surface area contributed by atoms with Gasteiger partial charge in [0.1, 0.15) is 0 Å². The van der Waals surface area contributed by atoms with Gasteiger partial charge in [-0.25, -0.2) is 0 Å². The fraction of sp³-hybridized carbons (Fsp3) is 0.154. The molecule has 2 aliphatic carbocycles. The minimum atomic E-state index is 1.11. The molecule has 4 aromatic rings. The average Bonchev–Trinajstić information content (AvgIpc) is 3.23. The second-order valence-corrected chi connectivity index (χ2v) is 7.86. The standard InChI is InChI=1S/C26H21N/c1-17-10-11-18-15-19-12-13-20(16-24(19)23(18)14-17)27-25-8-4-2-6-21(25)22-7-3-5-9-26(22)27/h2-11,14,16H,12-13,15H2,1H3. The number of nitrogens with zero attached hydrogens (tertiary/aromatic N) is 1. The van der Waals surface area contributed by atoms with Gasteiger partial charge in [-0.2, -0.15) is 0 Å². The van der Waals surface area contributed by atoms with Crippen molar-refractivity contribution in [3.63, 3.8) is 0 Å². The van der Waals surface area contributed by atoms with Crippen LogP contribution in [0.5, 0.6) is 0 Å². The lowest BCUT2D eigenvalue weighted by Crippen LogP contribution is -2.02. The van der Waals surface area contributed by atoms with Gasteiger partial charge in [0.25, 0.3) is 0 Å². The Morgan fingerprint density at radius 2 is 1.48 bits per heavy atom. The topological polar surface area (TPSA) is 4.93 Å². The third-order valence-corrected chi connectivity index (χ3v) is 6.20. The van der Waals surface area contributed by atoms with E-state index < -0.39 is 0 Å². The van der Waals surface area contributed by atoms with E-state index in [1.54, 1.807) is 5.57 Å². The minimum absolute atomic E-state index is 1.11. The van der Waals surface area contributed by atoms with Gasteiger partial charge in [-0.3, -0.25) is 0 Å². The van der Waals surface area contributed by atoms with Crippen molar-refractivity contribution in [2.45, 2.75) is 26.2 Å². The average molecular weight is 347 g/mol. The van der Waals surface area contributed by atoms with Crippen molar-refractivity contribution in [2.24, 2.45) is 0 Å². The SMILES string of the molecule is Cc1ccc2c(c1)C1=C(CCC(n3c4ccccc4c4ccccc43)=C1)C2. The fourth-order valence-corrected chi connectivity index (χ4v) is 4.94. The first-order chi connectivity index (χ1) is 13.3. The third kappa shape index (κ3) is 2.12. The third-order valence-electron chi connectivity index (χ3n) is 6.20. The molecule has 0 spiro atoms. The predicted octanol–water partition coefficient (Wildman–Crippen LogP) is 6.75. The number of hydrogen-bond donors (Lipinski definition) is 0.